The second kappa shape index (κ2) is 7.46. The van der Waals surface area contributed by atoms with Crippen LogP contribution in [0.3, 0.4) is 0 Å². The molecule has 0 aromatic heterocycles. The highest BCUT2D eigenvalue weighted by Gasteiger charge is 2.21. The van der Waals surface area contributed by atoms with Crippen molar-refractivity contribution in [2.45, 2.75) is 44.7 Å². The maximum atomic E-state index is 6.46. The topological polar surface area (TPSA) is 38.0 Å². The molecule has 0 unspecified atom stereocenters. The lowest BCUT2D eigenvalue weighted by atomic mass is 9.81. The van der Waals surface area contributed by atoms with E-state index < -0.39 is 0 Å². The quantitative estimate of drug-likeness (QED) is 0.825. The van der Waals surface area contributed by atoms with Crippen molar-refractivity contribution in [3.05, 3.63) is 65.7 Å². The van der Waals surface area contributed by atoms with Crippen LogP contribution in [0.1, 0.15) is 49.3 Å². The molecule has 1 atom stereocenters. The van der Waals surface area contributed by atoms with Gasteiger partial charge in [-0.15, -0.1) is 0 Å². The van der Waals surface area contributed by atoms with E-state index in [-0.39, 0.29) is 6.04 Å². The molecule has 1 aliphatic carbocycles. The Morgan fingerprint density at radius 1 is 0.909 bits per heavy atom. The normalized spacial score (nSPS) is 17.1. The van der Waals surface area contributed by atoms with Gasteiger partial charge >= 0.3 is 0 Å². The summed E-state index contributed by atoms with van der Waals surface area (Å²) in [5, 5.41) is 3.47. The lowest BCUT2D eigenvalue weighted by Gasteiger charge is -2.27. The van der Waals surface area contributed by atoms with Gasteiger partial charge in [-0.05, 0) is 42.0 Å². The van der Waals surface area contributed by atoms with Gasteiger partial charge in [-0.3, -0.25) is 0 Å². The third kappa shape index (κ3) is 3.89. The van der Waals surface area contributed by atoms with Crippen LogP contribution in [-0.4, -0.2) is 0 Å². The third-order valence-electron chi connectivity index (χ3n) is 4.79. The number of hydrogen-bond donors (Lipinski definition) is 2. The maximum Gasteiger partial charge on any atom is 0.0400 e. The van der Waals surface area contributed by atoms with E-state index in [1.165, 1.54) is 43.2 Å². The maximum absolute atomic E-state index is 6.46. The Kier molecular flexibility index (Phi) is 5.12. The molecule has 1 saturated carbocycles. The molecule has 116 valence electrons. The molecular formula is C20H26N2. The minimum atomic E-state index is 0.198. The van der Waals surface area contributed by atoms with E-state index in [1.54, 1.807) is 0 Å². The van der Waals surface area contributed by atoms with Crippen LogP contribution in [0.15, 0.2) is 54.6 Å². The van der Waals surface area contributed by atoms with Crippen molar-refractivity contribution in [2.75, 3.05) is 5.32 Å². The second-order valence-corrected chi connectivity index (χ2v) is 6.39. The van der Waals surface area contributed by atoms with Gasteiger partial charge in [0.15, 0.2) is 0 Å². The molecule has 0 spiro atoms. The van der Waals surface area contributed by atoms with Crippen molar-refractivity contribution in [1.29, 1.82) is 0 Å². The number of benzene rings is 2. The summed E-state index contributed by atoms with van der Waals surface area (Å²) in [5.74, 6) is 0.664. The number of nitrogens with two attached hydrogens (primary N) is 1. The van der Waals surface area contributed by atoms with Crippen molar-refractivity contribution in [2.24, 2.45) is 11.7 Å². The average molecular weight is 294 g/mol. The van der Waals surface area contributed by atoms with E-state index in [4.69, 9.17) is 5.73 Å². The first-order valence-electron chi connectivity index (χ1n) is 8.46. The molecule has 0 amide bonds. The molecule has 0 bridgehead atoms. The van der Waals surface area contributed by atoms with Gasteiger partial charge in [-0.1, -0.05) is 61.7 Å². The molecule has 1 aliphatic rings. The summed E-state index contributed by atoms with van der Waals surface area (Å²) in [7, 11) is 0. The van der Waals surface area contributed by atoms with Crippen molar-refractivity contribution in [3.63, 3.8) is 0 Å². The standard InChI is InChI=1S/C20H26N2/c21-20(17-9-5-2-6-10-17)18-11-13-19(14-12-18)22-15-16-7-3-1-4-8-16/h1,3-4,7-8,11-14,17,20,22H,2,5-6,9-10,15,21H2/t20-/m1/s1. The van der Waals surface area contributed by atoms with Gasteiger partial charge in [0.1, 0.15) is 0 Å². The molecule has 3 N–H and O–H groups in total. The molecule has 1 fully saturated rings. The minimum Gasteiger partial charge on any atom is -0.381 e. The Bertz CT molecular complexity index is 556. The van der Waals surface area contributed by atoms with Gasteiger partial charge in [0, 0.05) is 18.3 Å². The Labute approximate surface area is 133 Å². The van der Waals surface area contributed by atoms with Crippen LogP contribution >= 0.6 is 0 Å². The summed E-state index contributed by atoms with van der Waals surface area (Å²) < 4.78 is 0. The lowest BCUT2D eigenvalue weighted by molar-refractivity contribution is 0.308. The minimum absolute atomic E-state index is 0.198. The van der Waals surface area contributed by atoms with Crippen molar-refractivity contribution in [3.8, 4) is 0 Å². The summed E-state index contributed by atoms with van der Waals surface area (Å²) in [6.07, 6.45) is 6.64. The zero-order valence-corrected chi connectivity index (χ0v) is 13.2. The average Bonchev–Trinajstić information content (AvgIpc) is 2.61. The van der Waals surface area contributed by atoms with E-state index in [2.05, 4.69) is 53.8 Å². The molecule has 0 aliphatic heterocycles. The Balaban J connectivity index is 1.57. The predicted molar refractivity (Wildman–Crippen MR) is 93.7 cm³/mol. The smallest absolute Gasteiger partial charge is 0.0400 e. The largest absolute Gasteiger partial charge is 0.381 e. The second-order valence-electron chi connectivity index (χ2n) is 6.39. The van der Waals surface area contributed by atoms with Crippen molar-refractivity contribution >= 4 is 5.69 Å². The van der Waals surface area contributed by atoms with Crippen molar-refractivity contribution < 1.29 is 0 Å². The van der Waals surface area contributed by atoms with Crippen LogP contribution in [0.4, 0.5) is 5.69 Å². The zero-order chi connectivity index (χ0) is 15.2. The van der Waals surface area contributed by atoms with Crippen LogP contribution < -0.4 is 11.1 Å². The van der Waals surface area contributed by atoms with E-state index in [0.717, 1.165) is 12.2 Å². The molecule has 3 rings (SSSR count). The fourth-order valence-corrected chi connectivity index (χ4v) is 3.39. The Morgan fingerprint density at radius 3 is 2.27 bits per heavy atom. The summed E-state index contributed by atoms with van der Waals surface area (Å²) in [6, 6.07) is 19.3. The van der Waals surface area contributed by atoms with Crippen LogP contribution in [0, 0.1) is 5.92 Å². The van der Waals surface area contributed by atoms with E-state index in [1.807, 2.05) is 6.07 Å². The van der Waals surface area contributed by atoms with Crippen LogP contribution in [0.25, 0.3) is 0 Å². The van der Waals surface area contributed by atoms with Gasteiger partial charge in [0.25, 0.3) is 0 Å². The number of rotatable bonds is 5. The van der Waals surface area contributed by atoms with E-state index >= 15 is 0 Å². The molecule has 2 aromatic carbocycles. The first-order valence-corrected chi connectivity index (χ1v) is 8.46. The van der Waals surface area contributed by atoms with Gasteiger partial charge in [0.05, 0.1) is 0 Å². The van der Waals surface area contributed by atoms with Crippen LogP contribution in [0.5, 0.6) is 0 Å². The molecular weight excluding hydrogens is 268 g/mol. The first-order chi connectivity index (χ1) is 10.8. The Hall–Kier alpha value is -1.80. The SMILES string of the molecule is N[C@@H](c1ccc(NCc2ccccc2)cc1)C1CCCCC1. The summed E-state index contributed by atoms with van der Waals surface area (Å²) in [4.78, 5) is 0. The molecule has 2 aromatic rings. The molecule has 0 saturated heterocycles. The number of nitrogens with one attached hydrogen (secondary N) is 1. The van der Waals surface area contributed by atoms with Gasteiger partial charge in [-0.2, -0.15) is 0 Å². The highest BCUT2D eigenvalue weighted by molar-refractivity contribution is 5.45. The van der Waals surface area contributed by atoms with E-state index in [0.29, 0.717) is 5.92 Å². The highest BCUT2D eigenvalue weighted by atomic mass is 14.9. The summed E-state index contributed by atoms with van der Waals surface area (Å²) >= 11 is 0. The lowest BCUT2D eigenvalue weighted by Crippen LogP contribution is -2.23. The zero-order valence-electron chi connectivity index (χ0n) is 13.2. The fourth-order valence-electron chi connectivity index (χ4n) is 3.39. The number of anilines is 1. The first kappa shape index (κ1) is 15.1. The molecule has 22 heavy (non-hydrogen) atoms. The molecule has 0 heterocycles. The van der Waals surface area contributed by atoms with Crippen molar-refractivity contribution in [1.82, 2.24) is 0 Å². The summed E-state index contributed by atoms with van der Waals surface area (Å²) in [5.41, 5.74) is 10.2. The third-order valence-corrected chi connectivity index (χ3v) is 4.79. The highest BCUT2D eigenvalue weighted by Crippen LogP contribution is 2.33. The molecule has 2 heteroatoms. The summed E-state index contributed by atoms with van der Waals surface area (Å²) in [6.45, 7) is 0.856. The monoisotopic (exact) mass is 294 g/mol. The molecule has 0 radical (unpaired) electrons. The van der Waals surface area contributed by atoms with Gasteiger partial charge in [0.2, 0.25) is 0 Å². The fraction of sp³-hybridized carbons (Fsp3) is 0.400. The van der Waals surface area contributed by atoms with E-state index in [9.17, 15) is 0 Å². The predicted octanol–water partition coefficient (Wildman–Crippen LogP) is 4.88. The van der Waals surface area contributed by atoms with Crippen LogP contribution in [0.2, 0.25) is 0 Å². The van der Waals surface area contributed by atoms with Crippen LogP contribution in [-0.2, 0) is 6.54 Å². The van der Waals surface area contributed by atoms with Gasteiger partial charge < -0.3 is 11.1 Å². The molecule has 2 nitrogen and oxygen atoms in total. The van der Waals surface area contributed by atoms with Gasteiger partial charge in [-0.25, -0.2) is 0 Å². The number of hydrogen-bond acceptors (Lipinski definition) is 2. The Morgan fingerprint density at radius 2 is 1.59 bits per heavy atom.